The molecule has 0 bridgehead atoms. The van der Waals surface area contributed by atoms with E-state index in [1.165, 1.54) is 11.8 Å². The van der Waals surface area contributed by atoms with Crippen molar-refractivity contribution in [2.45, 2.75) is 122 Å². The number of carboxylic acids is 1. The fourth-order valence-corrected chi connectivity index (χ4v) is 5.80. The largest absolute Gasteiger partial charge is 0.700 e. The van der Waals surface area contributed by atoms with E-state index in [-0.39, 0.29) is 18.4 Å². The molecule has 5 atom stereocenters. The minimum Gasteiger partial charge on any atom is -0.480 e. The van der Waals surface area contributed by atoms with Crippen LogP contribution in [0.2, 0.25) is 0 Å². The van der Waals surface area contributed by atoms with Crippen LogP contribution in [0.5, 0.6) is 0 Å². The molecule has 3 amide bonds. The Morgan fingerprint density at radius 3 is 2.36 bits per heavy atom. The molecule has 2 aliphatic rings. The smallest absolute Gasteiger partial charge is 0.480 e. The van der Waals surface area contributed by atoms with Crippen LogP contribution in [0.4, 0.5) is 0 Å². The highest BCUT2D eigenvalue weighted by molar-refractivity contribution is 7.33. The molecule has 2 rings (SSSR count). The van der Waals surface area contributed by atoms with E-state index in [9.17, 15) is 28.8 Å². The number of carbonyl (C=O) groups is 4. The van der Waals surface area contributed by atoms with Gasteiger partial charge in [-0.05, 0) is 71.3 Å². The van der Waals surface area contributed by atoms with Crippen molar-refractivity contribution in [2.24, 2.45) is 11.7 Å². The molecule has 13 heteroatoms. The molecule has 0 spiro atoms. The topological polar surface area (TPSA) is 177 Å². The van der Waals surface area contributed by atoms with Crippen molar-refractivity contribution in [1.82, 2.24) is 15.5 Å². The number of unbranched alkanes of at least 4 members (excludes halogenated alkanes) is 2. The maximum Gasteiger partial charge on any atom is 0.700 e. The summed E-state index contributed by atoms with van der Waals surface area (Å²) in [5.74, 6) is -2.34. The number of nitrogens with one attached hydrogen (secondary N) is 2. The van der Waals surface area contributed by atoms with Gasteiger partial charge in [0.15, 0.2) is 12.3 Å². The standard InChI is InChI=1S/C26H45N4O8P/c1-3-4-15-22(38-39(36)37-18(2)25(33)30-17-10-14-21(30)26(34)35)29-24(32)20(13-8-9-16-27)28-23(31)19-11-6-5-7-12-19/h18-22H,3-17,27H2,1-2H3,(H2-,28,29,31,32,34,35)/p+1/t18?,20-,21-,22-/m0/s1. The molecule has 12 nitrogen and oxygen atoms in total. The van der Waals surface area contributed by atoms with Crippen molar-refractivity contribution in [3.05, 3.63) is 0 Å². The van der Waals surface area contributed by atoms with Gasteiger partial charge < -0.3 is 26.4 Å². The second-order valence-corrected chi connectivity index (χ2v) is 11.3. The quantitative estimate of drug-likeness (QED) is 0.116. The van der Waals surface area contributed by atoms with Gasteiger partial charge in [0.2, 0.25) is 11.8 Å². The van der Waals surface area contributed by atoms with Crippen molar-refractivity contribution in [2.75, 3.05) is 13.1 Å². The minimum atomic E-state index is -2.81. The Hall–Kier alpha value is -2.14. The maximum absolute atomic E-state index is 13.2. The van der Waals surface area contributed by atoms with Gasteiger partial charge in [-0.25, -0.2) is 4.79 Å². The summed E-state index contributed by atoms with van der Waals surface area (Å²) in [4.78, 5) is 51.4. The number of hydrogen-bond acceptors (Lipinski definition) is 8. The van der Waals surface area contributed by atoms with Crippen LogP contribution in [0.25, 0.3) is 0 Å². The van der Waals surface area contributed by atoms with Crippen LogP contribution in [-0.2, 0) is 32.8 Å². The zero-order chi connectivity index (χ0) is 28.8. The summed E-state index contributed by atoms with van der Waals surface area (Å²) in [6.45, 7) is 4.12. The lowest BCUT2D eigenvalue weighted by atomic mass is 9.88. The minimum absolute atomic E-state index is 0.103. The summed E-state index contributed by atoms with van der Waals surface area (Å²) in [5.41, 5.74) is 5.61. The fourth-order valence-electron chi connectivity index (χ4n) is 5.04. The Bertz CT molecular complexity index is 839. The Morgan fingerprint density at radius 2 is 1.72 bits per heavy atom. The van der Waals surface area contributed by atoms with Crippen molar-refractivity contribution in [3.8, 4) is 0 Å². The maximum atomic E-state index is 13.2. The van der Waals surface area contributed by atoms with Crippen LogP contribution in [0, 0.1) is 5.92 Å². The predicted molar refractivity (Wildman–Crippen MR) is 144 cm³/mol. The molecule has 1 aliphatic heterocycles. The van der Waals surface area contributed by atoms with Crippen LogP contribution in [0.1, 0.15) is 97.3 Å². The lowest BCUT2D eigenvalue weighted by Gasteiger charge is -2.25. The molecule has 1 heterocycles. The van der Waals surface area contributed by atoms with E-state index in [0.29, 0.717) is 51.5 Å². The van der Waals surface area contributed by atoms with Crippen molar-refractivity contribution < 1.29 is 37.9 Å². The number of hydrogen-bond donors (Lipinski definition) is 4. The average Bonchev–Trinajstić information content (AvgIpc) is 3.41. The van der Waals surface area contributed by atoms with E-state index >= 15 is 0 Å². The number of carbonyl (C=O) groups excluding carboxylic acids is 3. The number of aliphatic carboxylic acids is 1. The Kier molecular flexibility index (Phi) is 14.9. The first-order valence-electron chi connectivity index (χ1n) is 14.3. The third-order valence-electron chi connectivity index (χ3n) is 7.31. The van der Waals surface area contributed by atoms with Gasteiger partial charge in [-0.2, -0.15) is 0 Å². The van der Waals surface area contributed by atoms with Crippen LogP contribution in [0.3, 0.4) is 0 Å². The van der Waals surface area contributed by atoms with E-state index in [4.69, 9.17) is 14.8 Å². The number of amides is 3. The van der Waals surface area contributed by atoms with Gasteiger partial charge in [0.25, 0.3) is 5.91 Å². The van der Waals surface area contributed by atoms with Gasteiger partial charge in [-0.1, -0.05) is 37.1 Å². The molecule has 0 aromatic heterocycles. The van der Waals surface area contributed by atoms with Crippen LogP contribution in [0.15, 0.2) is 0 Å². The van der Waals surface area contributed by atoms with Crippen molar-refractivity contribution in [1.29, 1.82) is 0 Å². The van der Waals surface area contributed by atoms with Crippen LogP contribution in [-0.4, -0.2) is 71.2 Å². The lowest BCUT2D eigenvalue weighted by molar-refractivity contribution is -0.151. The van der Waals surface area contributed by atoms with E-state index in [1.54, 1.807) is 0 Å². The van der Waals surface area contributed by atoms with Gasteiger partial charge in [0.05, 0.1) is 0 Å². The Labute approximate surface area is 232 Å². The van der Waals surface area contributed by atoms with E-state index in [2.05, 4.69) is 10.6 Å². The summed E-state index contributed by atoms with van der Waals surface area (Å²) in [7, 11) is -2.81. The third kappa shape index (κ3) is 11.1. The third-order valence-corrected chi connectivity index (χ3v) is 8.22. The highest BCUT2D eigenvalue weighted by Gasteiger charge is 2.41. The zero-order valence-electron chi connectivity index (χ0n) is 23.3. The van der Waals surface area contributed by atoms with E-state index < -0.39 is 50.5 Å². The molecular formula is C26H46N4O8P+. The van der Waals surface area contributed by atoms with Gasteiger partial charge >= 0.3 is 14.2 Å². The molecule has 1 aliphatic carbocycles. The second-order valence-electron chi connectivity index (χ2n) is 10.4. The second kappa shape index (κ2) is 17.5. The van der Waals surface area contributed by atoms with Gasteiger partial charge in [0.1, 0.15) is 12.1 Å². The van der Waals surface area contributed by atoms with Gasteiger partial charge in [-0.15, -0.1) is 4.52 Å². The SMILES string of the molecule is CCCC[C@@H](NC(=O)[C@H](CCCCN)NC(=O)C1CCCCC1)O[P+](=O)OC(C)C(=O)N1CCC[C@H]1C(=O)O. The number of rotatable bonds is 17. The molecule has 222 valence electrons. The molecular weight excluding hydrogens is 527 g/mol. The zero-order valence-corrected chi connectivity index (χ0v) is 24.2. The Balaban J connectivity index is 1.99. The molecule has 0 aromatic carbocycles. The number of carboxylic acid groups (broad SMARTS) is 1. The number of nitrogens with zero attached hydrogens (tertiary/aromatic N) is 1. The fraction of sp³-hybridized carbons (Fsp3) is 0.846. The Morgan fingerprint density at radius 1 is 1.00 bits per heavy atom. The van der Waals surface area contributed by atoms with Gasteiger partial charge in [0, 0.05) is 17.0 Å². The summed E-state index contributed by atoms with van der Waals surface area (Å²) in [6, 6.07) is -1.71. The predicted octanol–water partition coefficient (Wildman–Crippen LogP) is 2.97. The summed E-state index contributed by atoms with van der Waals surface area (Å²) >= 11 is 0. The van der Waals surface area contributed by atoms with Crippen molar-refractivity contribution in [3.63, 3.8) is 0 Å². The van der Waals surface area contributed by atoms with Gasteiger partial charge in [-0.3, -0.25) is 14.4 Å². The number of likely N-dealkylation sites (tertiary alicyclic amines) is 1. The average molecular weight is 574 g/mol. The van der Waals surface area contributed by atoms with Crippen LogP contribution >= 0.6 is 8.25 Å². The molecule has 1 saturated carbocycles. The monoisotopic (exact) mass is 573 g/mol. The first-order valence-corrected chi connectivity index (χ1v) is 15.4. The molecule has 1 saturated heterocycles. The summed E-state index contributed by atoms with van der Waals surface area (Å²) in [5, 5.41) is 15.0. The number of nitrogens with two attached hydrogens (primary N) is 1. The van der Waals surface area contributed by atoms with E-state index in [0.717, 1.165) is 38.5 Å². The highest BCUT2D eigenvalue weighted by atomic mass is 31.1. The molecule has 5 N–H and O–H groups in total. The molecule has 0 aromatic rings. The first kappa shape index (κ1) is 33.1. The summed E-state index contributed by atoms with van der Waals surface area (Å²) < 4.78 is 23.5. The highest BCUT2D eigenvalue weighted by Crippen LogP contribution is 2.31. The van der Waals surface area contributed by atoms with Crippen LogP contribution < -0.4 is 16.4 Å². The molecule has 2 fully saturated rings. The lowest BCUT2D eigenvalue weighted by Crippen LogP contribution is -2.51. The van der Waals surface area contributed by atoms with E-state index in [1.807, 2.05) is 6.92 Å². The molecule has 0 radical (unpaired) electrons. The van der Waals surface area contributed by atoms with Crippen molar-refractivity contribution >= 4 is 31.9 Å². The summed E-state index contributed by atoms with van der Waals surface area (Å²) in [6.07, 6.45) is 7.11. The first-order chi connectivity index (χ1) is 18.7. The molecule has 2 unspecified atom stereocenters. The normalized spacial score (nSPS) is 20.6. The molecule has 39 heavy (non-hydrogen) atoms.